The summed E-state index contributed by atoms with van der Waals surface area (Å²) in [5, 5.41) is 18.2. The van der Waals surface area contributed by atoms with Crippen LogP contribution < -0.4 is 4.74 Å². The molecule has 0 bridgehead atoms. The van der Waals surface area contributed by atoms with Gasteiger partial charge in [0.2, 0.25) is 0 Å². The number of rotatable bonds is 13. The molecular weight excluding hydrogens is 444 g/mol. The van der Waals surface area contributed by atoms with Gasteiger partial charge in [0.25, 0.3) is 0 Å². The largest absolute Gasteiger partial charge is 0.494 e. The van der Waals surface area contributed by atoms with Crippen LogP contribution in [0.15, 0.2) is 78.9 Å². The van der Waals surface area contributed by atoms with E-state index in [-0.39, 0.29) is 22.7 Å². The molecule has 35 heavy (non-hydrogen) atoms. The number of carboxylic acids is 2. The first-order valence-electron chi connectivity index (χ1n) is 11.5. The molecule has 0 radical (unpaired) electrons. The normalized spacial score (nSPS) is 10.9. The number of carboxylic acid groups (broad SMARTS) is 2. The van der Waals surface area contributed by atoms with Gasteiger partial charge < -0.3 is 14.9 Å². The fraction of sp³-hybridized carbons (Fsp3) is 0.207. The van der Waals surface area contributed by atoms with Gasteiger partial charge in [-0.15, -0.1) is 0 Å². The number of unbranched alkanes of at least 4 members (excludes halogenated alkanes) is 3. The van der Waals surface area contributed by atoms with Crippen LogP contribution in [0.3, 0.4) is 0 Å². The van der Waals surface area contributed by atoms with E-state index in [1.54, 1.807) is 18.2 Å². The molecule has 0 aliphatic heterocycles. The predicted octanol–water partition coefficient (Wildman–Crippen LogP) is 6.16. The first-order chi connectivity index (χ1) is 16.9. The number of carbonyl (C=O) groups excluding carboxylic acids is 1. The van der Waals surface area contributed by atoms with Crippen molar-refractivity contribution in [1.82, 2.24) is 0 Å². The van der Waals surface area contributed by atoms with E-state index in [9.17, 15) is 14.4 Å². The van der Waals surface area contributed by atoms with Crippen LogP contribution in [-0.4, -0.2) is 34.5 Å². The van der Waals surface area contributed by atoms with E-state index in [1.165, 1.54) is 17.7 Å². The quantitative estimate of drug-likeness (QED) is 0.175. The van der Waals surface area contributed by atoms with Crippen LogP contribution in [-0.2, 0) is 6.42 Å². The zero-order valence-electron chi connectivity index (χ0n) is 19.4. The lowest BCUT2D eigenvalue weighted by Gasteiger charge is -2.08. The van der Waals surface area contributed by atoms with E-state index in [4.69, 9.17) is 14.9 Å². The maximum absolute atomic E-state index is 12.2. The average molecular weight is 473 g/mol. The van der Waals surface area contributed by atoms with E-state index < -0.39 is 11.9 Å². The van der Waals surface area contributed by atoms with Crippen molar-refractivity contribution in [2.75, 3.05) is 6.61 Å². The molecule has 0 amide bonds. The molecule has 0 unspecified atom stereocenters. The van der Waals surface area contributed by atoms with Gasteiger partial charge in [-0.2, -0.15) is 0 Å². The van der Waals surface area contributed by atoms with Gasteiger partial charge in [-0.25, -0.2) is 9.59 Å². The topological polar surface area (TPSA) is 101 Å². The Balaban J connectivity index is 1.36. The standard InChI is InChI=1S/C29H28O6/c30-27(23-9-5-3-6-10-23)16-15-22-13-11-21(12-14-22)8-4-1-2-7-17-35-26-19-24(28(31)32)18-25(20-26)29(33)34/h3,5-6,9-16,18-20H,1-2,4,7-8,17H2,(H,31,32)(H,33,34). The fourth-order valence-corrected chi connectivity index (χ4v) is 3.57. The van der Waals surface area contributed by atoms with Crippen molar-refractivity contribution >= 4 is 23.8 Å². The van der Waals surface area contributed by atoms with Crippen molar-refractivity contribution in [1.29, 1.82) is 0 Å². The highest BCUT2D eigenvalue weighted by Gasteiger charge is 2.12. The Labute approximate surface area is 204 Å². The highest BCUT2D eigenvalue weighted by Crippen LogP contribution is 2.19. The van der Waals surface area contributed by atoms with Crippen LogP contribution in [0.25, 0.3) is 6.08 Å². The Hall–Kier alpha value is -4.19. The van der Waals surface area contributed by atoms with Crippen LogP contribution in [0, 0.1) is 0 Å². The SMILES string of the molecule is O=C(O)c1cc(OCCCCCCc2ccc(C=CC(=O)c3ccccc3)cc2)cc(C(=O)O)c1. The molecule has 6 heteroatoms. The average Bonchev–Trinajstić information content (AvgIpc) is 2.87. The summed E-state index contributed by atoms with van der Waals surface area (Å²) in [5.41, 5.74) is 2.67. The molecule has 0 aliphatic rings. The monoisotopic (exact) mass is 472 g/mol. The van der Waals surface area contributed by atoms with E-state index >= 15 is 0 Å². The van der Waals surface area contributed by atoms with Crippen molar-refractivity contribution < 1.29 is 29.3 Å². The Morgan fingerprint density at radius 1 is 0.714 bits per heavy atom. The second-order valence-electron chi connectivity index (χ2n) is 8.17. The van der Waals surface area contributed by atoms with E-state index in [2.05, 4.69) is 12.1 Å². The van der Waals surface area contributed by atoms with Gasteiger partial charge in [0.05, 0.1) is 17.7 Å². The van der Waals surface area contributed by atoms with Crippen LogP contribution in [0.1, 0.15) is 67.9 Å². The minimum atomic E-state index is -1.19. The molecule has 6 nitrogen and oxygen atoms in total. The van der Waals surface area contributed by atoms with Crippen LogP contribution >= 0.6 is 0 Å². The van der Waals surface area contributed by atoms with Crippen molar-refractivity contribution in [3.63, 3.8) is 0 Å². The van der Waals surface area contributed by atoms with E-state index in [1.807, 2.05) is 36.4 Å². The van der Waals surface area contributed by atoms with Gasteiger partial charge >= 0.3 is 11.9 Å². The Kier molecular flexibility index (Phi) is 9.37. The number of allylic oxidation sites excluding steroid dienone is 1. The molecule has 180 valence electrons. The van der Waals surface area contributed by atoms with Crippen molar-refractivity contribution in [2.45, 2.75) is 32.1 Å². The number of hydrogen-bond donors (Lipinski definition) is 2. The molecule has 3 aromatic carbocycles. The summed E-state index contributed by atoms with van der Waals surface area (Å²) in [6.45, 7) is 0.394. The number of ketones is 1. The molecular formula is C29H28O6. The molecule has 0 atom stereocenters. The third-order valence-electron chi connectivity index (χ3n) is 5.49. The summed E-state index contributed by atoms with van der Waals surface area (Å²) < 4.78 is 5.58. The Bertz CT molecular complexity index is 1150. The zero-order valence-corrected chi connectivity index (χ0v) is 19.4. The van der Waals surface area contributed by atoms with Crippen molar-refractivity contribution in [3.05, 3.63) is 107 Å². The molecule has 0 saturated heterocycles. The van der Waals surface area contributed by atoms with E-state index in [0.29, 0.717) is 12.2 Å². The zero-order chi connectivity index (χ0) is 25.0. The third kappa shape index (κ3) is 8.27. The van der Waals surface area contributed by atoms with Crippen LogP contribution in [0.2, 0.25) is 0 Å². The first kappa shape index (κ1) is 25.4. The lowest BCUT2D eigenvalue weighted by Crippen LogP contribution is -2.05. The molecule has 3 rings (SSSR count). The minimum absolute atomic E-state index is 0.0180. The summed E-state index contributed by atoms with van der Waals surface area (Å²) in [6, 6.07) is 21.1. The molecule has 0 spiro atoms. The summed E-state index contributed by atoms with van der Waals surface area (Å²) in [6.07, 6.45) is 8.16. The lowest BCUT2D eigenvalue weighted by molar-refractivity contribution is 0.0696. The molecule has 0 heterocycles. The van der Waals surface area contributed by atoms with Gasteiger partial charge in [0, 0.05) is 5.56 Å². The highest BCUT2D eigenvalue weighted by molar-refractivity contribution is 6.06. The molecule has 3 aromatic rings. The van der Waals surface area contributed by atoms with Gasteiger partial charge in [0.1, 0.15) is 5.75 Å². The number of carbonyl (C=O) groups is 3. The van der Waals surface area contributed by atoms with Crippen LogP contribution in [0.5, 0.6) is 5.75 Å². The summed E-state index contributed by atoms with van der Waals surface area (Å²) in [4.78, 5) is 34.5. The Morgan fingerprint density at radius 2 is 1.34 bits per heavy atom. The molecule has 0 saturated carbocycles. The second-order valence-corrected chi connectivity index (χ2v) is 8.17. The maximum Gasteiger partial charge on any atom is 0.335 e. The number of hydrogen-bond acceptors (Lipinski definition) is 4. The number of aryl methyl sites for hydroxylation is 1. The van der Waals surface area contributed by atoms with Crippen molar-refractivity contribution in [2.24, 2.45) is 0 Å². The maximum atomic E-state index is 12.2. The number of aromatic carboxylic acids is 2. The molecule has 0 aromatic heterocycles. The third-order valence-corrected chi connectivity index (χ3v) is 5.49. The first-order valence-corrected chi connectivity index (χ1v) is 11.5. The highest BCUT2D eigenvalue weighted by atomic mass is 16.5. The van der Waals surface area contributed by atoms with Gasteiger partial charge in [-0.05, 0) is 54.7 Å². The van der Waals surface area contributed by atoms with Gasteiger partial charge in [-0.3, -0.25) is 4.79 Å². The number of benzene rings is 3. The summed E-state index contributed by atoms with van der Waals surface area (Å²) in [7, 11) is 0. The molecule has 2 N–H and O–H groups in total. The van der Waals surface area contributed by atoms with Crippen molar-refractivity contribution in [3.8, 4) is 5.75 Å². The van der Waals surface area contributed by atoms with Gasteiger partial charge in [0.15, 0.2) is 5.78 Å². The number of ether oxygens (including phenoxy) is 1. The van der Waals surface area contributed by atoms with E-state index in [0.717, 1.165) is 43.7 Å². The lowest BCUT2D eigenvalue weighted by atomic mass is 10.0. The Morgan fingerprint density at radius 3 is 1.97 bits per heavy atom. The fourth-order valence-electron chi connectivity index (χ4n) is 3.57. The predicted molar refractivity (Wildman–Crippen MR) is 134 cm³/mol. The minimum Gasteiger partial charge on any atom is -0.494 e. The summed E-state index contributed by atoms with van der Waals surface area (Å²) >= 11 is 0. The van der Waals surface area contributed by atoms with Gasteiger partial charge in [-0.1, -0.05) is 73.5 Å². The molecule has 0 aliphatic carbocycles. The summed E-state index contributed by atoms with van der Waals surface area (Å²) in [5.74, 6) is -2.15. The van der Waals surface area contributed by atoms with Crippen LogP contribution in [0.4, 0.5) is 0 Å². The molecule has 0 fully saturated rings. The smallest absolute Gasteiger partial charge is 0.335 e. The second kappa shape index (κ2) is 12.9.